The van der Waals surface area contributed by atoms with Crippen LogP contribution in [0.4, 0.5) is 5.82 Å². The lowest BCUT2D eigenvalue weighted by molar-refractivity contribution is -0.137. The van der Waals surface area contributed by atoms with Gasteiger partial charge < -0.3 is 14.4 Å². The molecule has 0 radical (unpaired) electrons. The first kappa shape index (κ1) is 12.0. The minimum atomic E-state index is -0.753. The lowest BCUT2D eigenvalue weighted by atomic mass is 9.99. The van der Waals surface area contributed by atoms with Crippen molar-refractivity contribution in [3.63, 3.8) is 0 Å². The number of fused-ring (bicyclic) bond motifs is 1. The SMILES string of the molecule is O=C(O)CC1CCCCN1c1nccc2occc12. The normalized spacial score (nSPS) is 19.8. The van der Waals surface area contributed by atoms with Gasteiger partial charge in [-0.3, -0.25) is 4.79 Å². The number of pyridine rings is 1. The average molecular weight is 260 g/mol. The van der Waals surface area contributed by atoms with Crippen molar-refractivity contribution < 1.29 is 14.3 Å². The van der Waals surface area contributed by atoms with Gasteiger partial charge in [0.1, 0.15) is 11.4 Å². The predicted molar refractivity (Wildman–Crippen MR) is 71.2 cm³/mol. The molecule has 1 unspecified atom stereocenters. The van der Waals surface area contributed by atoms with Crippen LogP contribution in [0, 0.1) is 0 Å². The summed E-state index contributed by atoms with van der Waals surface area (Å²) in [5.41, 5.74) is 0.796. The topological polar surface area (TPSA) is 66.6 Å². The fourth-order valence-electron chi connectivity index (χ4n) is 2.80. The highest BCUT2D eigenvalue weighted by Crippen LogP contribution is 2.31. The largest absolute Gasteiger partial charge is 0.481 e. The third-order valence-corrected chi connectivity index (χ3v) is 3.67. The predicted octanol–water partition coefficient (Wildman–Crippen LogP) is 2.66. The van der Waals surface area contributed by atoms with E-state index in [9.17, 15) is 4.79 Å². The van der Waals surface area contributed by atoms with Crippen LogP contribution in [-0.4, -0.2) is 28.6 Å². The van der Waals surface area contributed by atoms with Gasteiger partial charge in [-0.25, -0.2) is 4.98 Å². The Morgan fingerprint density at radius 1 is 1.47 bits per heavy atom. The van der Waals surface area contributed by atoms with Crippen molar-refractivity contribution in [2.24, 2.45) is 0 Å². The molecule has 1 aliphatic heterocycles. The highest BCUT2D eigenvalue weighted by atomic mass is 16.4. The average Bonchev–Trinajstić information content (AvgIpc) is 2.87. The molecule has 1 N–H and O–H groups in total. The van der Waals surface area contributed by atoms with E-state index in [0.717, 1.165) is 42.6 Å². The Morgan fingerprint density at radius 3 is 3.21 bits per heavy atom. The molecule has 1 fully saturated rings. The maximum absolute atomic E-state index is 11.0. The molecule has 100 valence electrons. The van der Waals surface area contributed by atoms with Gasteiger partial charge in [0.15, 0.2) is 0 Å². The van der Waals surface area contributed by atoms with Crippen molar-refractivity contribution in [3.05, 3.63) is 24.6 Å². The zero-order chi connectivity index (χ0) is 13.2. The van der Waals surface area contributed by atoms with Crippen LogP contribution in [0.3, 0.4) is 0 Å². The molecule has 2 aromatic heterocycles. The first-order valence-electron chi connectivity index (χ1n) is 6.56. The van der Waals surface area contributed by atoms with Crippen molar-refractivity contribution in [1.82, 2.24) is 4.98 Å². The second-order valence-electron chi connectivity index (χ2n) is 4.91. The van der Waals surface area contributed by atoms with Crippen LogP contribution < -0.4 is 4.90 Å². The van der Waals surface area contributed by atoms with Gasteiger partial charge in [0.2, 0.25) is 0 Å². The van der Waals surface area contributed by atoms with Crippen LogP contribution in [0.2, 0.25) is 0 Å². The molecule has 0 spiro atoms. The molecular weight excluding hydrogens is 244 g/mol. The van der Waals surface area contributed by atoms with Crippen LogP contribution in [0.25, 0.3) is 11.0 Å². The van der Waals surface area contributed by atoms with E-state index >= 15 is 0 Å². The number of anilines is 1. The van der Waals surface area contributed by atoms with E-state index in [1.54, 1.807) is 12.5 Å². The number of hydrogen-bond acceptors (Lipinski definition) is 4. The minimum Gasteiger partial charge on any atom is -0.481 e. The summed E-state index contributed by atoms with van der Waals surface area (Å²) in [6.45, 7) is 0.856. The van der Waals surface area contributed by atoms with Crippen LogP contribution in [0.1, 0.15) is 25.7 Å². The standard InChI is InChI=1S/C14H16N2O3/c17-13(18)9-10-3-1-2-7-16(10)14-11-5-8-19-12(11)4-6-15-14/h4-6,8,10H,1-3,7,9H2,(H,17,18). The number of carboxylic acid groups (broad SMARTS) is 1. The van der Waals surface area contributed by atoms with Crippen LogP contribution in [-0.2, 0) is 4.79 Å². The zero-order valence-corrected chi connectivity index (χ0v) is 10.6. The van der Waals surface area contributed by atoms with Gasteiger partial charge in [-0.15, -0.1) is 0 Å². The third-order valence-electron chi connectivity index (χ3n) is 3.67. The summed E-state index contributed by atoms with van der Waals surface area (Å²) in [4.78, 5) is 17.5. The molecule has 1 aliphatic rings. The Kier molecular flexibility index (Phi) is 3.11. The molecular formula is C14H16N2O3. The van der Waals surface area contributed by atoms with Gasteiger partial charge in [0.25, 0.3) is 0 Å². The van der Waals surface area contributed by atoms with Crippen LogP contribution in [0.15, 0.2) is 29.0 Å². The van der Waals surface area contributed by atoms with Gasteiger partial charge in [0.05, 0.1) is 18.1 Å². The second-order valence-corrected chi connectivity index (χ2v) is 4.91. The molecule has 1 saturated heterocycles. The summed E-state index contributed by atoms with van der Waals surface area (Å²) < 4.78 is 5.38. The van der Waals surface area contributed by atoms with Gasteiger partial charge in [0, 0.05) is 18.8 Å². The fraction of sp³-hybridized carbons (Fsp3) is 0.429. The summed E-state index contributed by atoms with van der Waals surface area (Å²) in [6.07, 6.45) is 6.58. The number of aromatic nitrogens is 1. The van der Waals surface area contributed by atoms with Crippen molar-refractivity contribution in [3.8, 4) is 0 Å². The first-order valence-corrected chi connectivity index (χ1v) is 6.56. The minimum absolute atomic E-state index is 0.0271. The molecule has 3 heterocycles. The molecule has 0 bridgehead atoms. The lowest BCUT2D eigenvalue weighted by Crippen LogP contribution is -2.41. The van der Waals surface area contributed by atoms with E-state index in [0.29, 0.717) is 0 Å². The molecule has 19 heavy (non-hydrogen) atoms. The number of nitrogens with zero attached hydrogens (tertiary/aromatic N) is 2. The Labute approximate surface area is 110 Å². The molecule has 0 saturated carbocycles. The highest BCUT2D eigenvalue weighted by Gasteiger charge is 2.27. The number of piperidine rings is 1. The number of carbonyl (C=O) groups is 1. The number of hydrogen-bond donors (Lipinski definition) is 1. The highest BCUT2D eigenvalue weighted by molar-refractivity contribution is 5.88. The molecule has 0 aromatic carbocycles. The van der Waals surface area contributed by atoms with E-state index in [4.69, 9.17) is 9.52 Å². The summed E-state index contributed by atoms with van der Waals surface area (Å²) in [5, 5.41) is 10.00. The Hall–Kier alpha value is -2.04. The van der Waals surface area contributed by atoms with Crippen molar-refractivity contribution in [2.75, 3.05) is 11.4 Å². The van der Waals surface area contributed by atoms with Gasteiger partial charge in [-0.1, -0.05) is 0 Å². The van der Waals surface area contributed by atoms with E-state index in [-0.39, 0.29) is 12.5 Å². The summed E-state index contributed by atoms with van der Waals surface area (Å²) in [6, 6.07) is 3.75. The van der Waals surface area contributed by atoms with E-state index in [1.807, 2.05) is 12.1 Å². The van der Waals surface area contributed by atoms with Crippen LogP contribution in [0.5, 0.6) is 0 Å². The maximum Gasteiger partial charge on any atom is 0.305 e. The number of aliphatic carboxylic acids is 1. The first-order chi connectivity index (χ1) is 9.25. The Balaban J connectivity index is 1.97. The third kappa shape index (κ3) is 2.28. The summed E-state index contributed by atoms with van der Waals surface area (Å²) in [5.74, 6) is 0.0912. The Morgan fingerprint density at radius 2 is 2.37 bits per heavy atom. The lowest BCUT2D eigenvalue weighted by Gasteiger charge is -2.36. The van der Waals surface area contributed by atoms with Crippen molar-refractivity contribution in [2.45, 2.75) is 31.7 Å². The number of carboxylic acids is 1. The smallest absolute Gasteiger partial charge is 0.305 e. The quantitative estimate of drug-likeness (QED) is 0.919. The molecule has 3 rings (SSSR count). The van der Waals surface area contributed by atoms with E-state index in [1.165, 1.54) is 0 Å². The van der Waals surface area contributed by atoms with Gasteiger partial charge in [-0.05, 0) is 31.4 Å². The van der Waals surface area contributed by atoms with Crippen molar-refractivity contribution in [1.29, 1.82) is 0 Å². The Bertz CT molecular complexity index is 593. The molecule has 0 aliphatic carbocycles. The number of rotatable bonds is 3. The van der Waals surface area contributed by atoms with E-state index < -0.39 is 5.97 Å². The van der Waals surface area contributed by atoms with Gasteiger partial charge in [-0.2, -0.15) is 0 Å². The second kappa shape index (κ2) is 4.91. The fourth-order valence-corrected chi connectivity index (χ4v) is 2.80. The molecule has 2 aromatic rings. The van der Waals surface area contributed by atoms with Gasteiger partial charge >= 0.3 is 5.97 Å². The summed E-state index contributed by atoms with van der Waals surface area (Å²) in [7, 11) is 0. The maximum atomic E-state index is 11.0. The molecule has 5 heteroatoms. The van der Waals surface area contributed by atoms with E-state index in [2.05, 4.69) is 9.88 Å². The van der Waals surface area contributed by atoms with Crippen molar-refractivity contribution >= 4 is 22.8 Å². The molecule has 1 atom stereocenters. The molecule has 5 nitrogen and oxygen atoms in total. The monoisotopic (exact) mass is 260 g/mol. The van der Waals surface area contributed by atoms with Crippen LogP contribution >= 0.6 is 0 Å². The molecule has 0 amide bonds. The zero-order valence-electron chi connectivity index (χ0n) is 10.6. The number of furan rings is 1. The summed E-state index contributed by atoms with van der Waals surface area (Å²) >= 11 is 0.